The lowest BCUT2D eigenvalue weighted by Crippen LogP contribution is -2.48. The van der Waals surface area contributed by atoms with Crippen molar-refractivity contribution in [2.75, 3.05) is 31.1 Å². The van der Waals surface area contributed by atoms with E-state index in [4.69, 9.17) is 10.7 Å². The molecule has 1 amide bonds. The third kappa shape index (κ3) is 6.76. The van der Waals surface area contributed by atoms with E-state index < -0.39 is 0 Å². The Labute approximate surface area is 207 Å². The number of aromatic nitrogens is 2. The van der Waals surface area contributed by atoms with E-state index in [0.29, 0.717) is 6.42 Å². The van der Waals surface area contributed by atoms with Crippen LogP contribution in [0.25, 0.3) is 0 Å². The summed E-state index contributed by atoms with van der Waals surface area (Å²) in [7, 11) is 1.62. The molecular weight excluding hydrogens is 437 g/mol. The van der Waals surface area contributed by atoms with Crippen LogP contribution in [0.3, 0.4) is 0 Å². The second-order valence-electron chi connectivity index (χ2n) is 8.98. The summed E-state index contributed by atoms with van der Waals surface area (Å²) in [6.45, 7) is 5.55. The minimum absolute atomic E-state index is 0.257. The average molecular weight is 468 g/mol. The van der Waals surface area contributed by atoms with Crippen molar-refractivity contribution in [3.05, 3.63) is 88.5 Å². The highest BCUT2D eigenvalue weighted by Crippen LogP contribution is 2.19. The predicted octanol–water partition coefficient (Wildman–Crippen LogP) is 2.12. The van der Waals surface area contributed by atoms with Gasteiger partial charge in [0.05, 0.1) is 12.6 Å². The smallest absolute Gasteiger partial charge is 0.293 e. The van der Waals surface area contributed by atoms with Gasteiger partial charge in [-0.1, -0.05) is 36.4 Å². The van der Waals surface area contributed by atoms with Gasteiger partial charge >= 0.3 is 0 Å². The van der Waals surface area contributed by atoms with E-state index in [1.807, 2.05) is 31.3 Å². The number of carbonyl (C=O) groups excluding carboxylic acids is 2. The maximum absolute atomic E-state index is 11.4. The Hall–Kier alpha value is -3.52. The quantitative estimate of drug-likeness (QED) is 0.362. The number of primary amides is 1. The van der Waals surface area contributed by atoms with E-state index in [2.05, 4.69) is 45.0 Å². The van der Waals surface area contributed by atoms with Crippen LogP contribution in [0, 0.1) is 6.92 Å². The van der Waals surface area contributed by atoms with Gasteiger partial charge in [0.2, 0.25) is 5.91 Å². The van der Waals surface area contributed by atoms with Crippen LogP contribution in [0.5, 0.6) is 0 Å². The second kappa shape index (κ2) is 11.8. The molecule has 0 atom stereocenters. The summed E-state index contributed by atoms with van der Waals surface area (Å²) in [4.78, 5) is 35.9. The first-order valence-corrected chi connectivity index (χ1v) is 12.0. The van der Waals surface area contributed by atoms with Crippen LogP contribution in [0.1, 0.15) is 33.8 Å². The molecular formula is C27H31BN5O2. The molecule has 4 rings (SSSR count). The van der Waals surface area contributed by atoms with Crippen LogP contribution in [-0.2, 0) is 35.3 Å². The Morgan fingerprint density at radius 3 is 2.43 bits per heavy atom. The Balaban J connectivity index is 1.38. The predicted molar refractivity (Wildman–Crippen MR) is 139 cm³/mol. The Morgan fingerprint density at radius 2 is 1.74 bits per heavy atom. The normalized spacial score (nSPS) is 14.0. The Morgan fingerprint density at radius 1 is 1.03 bits per heavy atom. The number of nitrogens with zero attached hydrogens (tertiary/aromatic N) is 4. The fraction of sp³-hybridized carbons (Fsp3) is 0.333. The average Bonchev–Trinajstić information content (AvgIpc) is 2.86. The first-order chi connectivity index (χ1) is 17.0. The zero-order valence-electron chi connectivity index (χ0n) is 20.2. The zero-order chi connectivity index (χ0) is 24.6. The van der Waals surface area contributed by atoms with Crippen molar-refractivity contribution in [1.29, 1.82) is 0 Å². The molecule has 35 heavy (non-hydrogen) atoms. The number of benzene rings is 2. The molecule has 0 spiro atoms. The molecule has 0 saturated carbocycles. The van der Waals surface area contributed by atoms with E-state index in [1.165, 1.54) is 11.3 Å². The molecule has 1 radical (unpaired) electrons. The second-order valence-corrected chi connectivity index (χ2v) is 8.98. The summed E-state index contributed by atoms with van der Waals surface area (Å²) < 4.78 is 0. The van der Waals surface area contributed by atoms with Crippen LogP contribution >= 0.6 is 0 Å². The van der Waals surface area contributed by atoms with Gasteiger partial charge in [-0.2, -0.15) is 0 Å². The van der Waals surface area contributed by atoms with Crippen molar-refractivity contribution in [2.24, 2.45) is 5.73 Å². The summed E-state index contributed by atoms with van der Waals surface area (Å²) >= 11 is 0. The van der Waals surface area contributed by atoms with E-state index in [-0.39, 0.29) is 12.3 Å². The van der Waals surface area contributed by atoms with Crippen molar-refractivity contribution in [2.45, 2.75) is 32.6 Å². The summed E-state index contributed by atoms with van der Waals surface area (Å²) in [5, 5.41) is 0. The Kier molecular flexibility index (Phi) is 8.26. The van der Waals surface area contributed by atoms with Gasteiger partial charge in [0, 0.05) is 50.2 Å². The first-order valence-electron chi connectivity index (χ1n) is 12.0. The van der Waals surface area contributed by atoms with Crippen molar-refractivity contribution in [3.8, 4) is 0 Å². The van der Waals surface area contributed by atoms with Gasteiger partial charge < -0.3 is 20.2 Å². The monoisotopic (exact) mass is 468 g/mol. The molecule has 3 aromatic rings. The lowest BCUT2D eigenvalue weighted by molar-refractivity contribution is -0.117. The topological polar surface area (TPSA) is 92.4 Å². The van der Waals surface area contributed by atoms with E-state index >= 15 is 0 Å². The molecule has 1 aliphatic rings. The van der Waals surface area contributed by atoms with Crippen molar-refractivity contribution >= 4 is 25.2 Å². The molecule has 179 valence electrons. The van der Waals surface area contributed by atoms with E-state index in [0.717, 1.165) is 73.4 Å². The van der Waals surface area contributed by atoms with Gasteiger partial charge in [0.25, 0.3) is 7.41 Å². The van der Waals surface area contributed by atoms with Crippen LogP contribution in [0.15, 0.2) is 54.7 Å². The number of rotatable bonds is 10. The molecule has 1 saturated heterocycles. The van der Waals surface area contributed by atoms with Gasteiger partial charge in [0.15, 0.2) is 0 Å². The summed E-state index contributed by atoms with van der Waals surface area (Å²) in [5.41, 5.74) is 12.0. The van der Waals surface area contributed by atoms with E-state index in [9.17, 15) is 9.59 Å². The van der Waals surface area contributed by atoms with Gasteiger partial charge in [-0.15, -0.1) is 0 Å². The van der Waals surface area contributed by atoms with Crippen molar-refractivity contribution in [1.82, 2.24) is 14.8 Å². The van der Waals surface area contributed by atoms with Crippen LogP contribution in [0.2, 0.25) is 0 Å². The molecule has 0 aliphatic carbocycles. The van der Waals surface area contributed by atoms with Gasteiger partial charge in [-0.25, -0.2) is 9.97 Å². The highest BCUT2D eigenvalue weighted by molar-refractivity contribution is 6.64. The number of nitrogens with two attached hydrogens (primary N) is 1. The highest BCUT2D eigenvalue weighted by atomic mass is 16.1. The number of amides is 1. The minimum Gasteiger partial charge on any atom is -0.369 e. The van der Waals surface area contributed by atoms with Gasteiger partial charge in [-0.3, -0.25) is 4.79 Å². The lowest BCUT2D eigenvalue weighted by Gasteiger charge is -2.35. The third-order valence-electron chi connectivity index (χ3n) is 6.49. The molecule has 1 fully saturated rings. The number of anilines is 1. The van der Waals surface area contributed by atoms with Crippen molar-refractivity contribution in [3.63, 3.8) is 0 Å². The third-order valence-corrected chi connectivity index (χ3v) is 6.49. The van der Waals surface area contributed by atoms with Crippen LogP contribution < -0.4 is 10.6 Å². The minimum atomic E-state index is -0.317. The molecule has 2 heterocycles. The highest BCUT2D eigenvalue weighted by Gasteiger charge is 2.17. The molecule has 0 unspecified atom stereocenters. The molecule has 0 bridgehead atoms. The van der Waals surface area contributed by atoms with Crippen molar-refractivity contribution < 1.29 is 9.59 Å². The van der Waals surface area contributed by atoms with Gasteiger partial charge in [0.1, 0.15) is 5.82 Å². The maximum atomic E-state index is 11.4. The number of piperazine rings is 1. The van der Waals surface area contributed by atoms with Gasteiger partial charge in [-0.05, 0) is 54.2 Å². The van der Waals surface area contributed by atoms with E-state index in [1.54, 1.807) is 7.41 Å². The lowest BCUT2D eigenvalue weighted by atomic mass is 9.93. The molecule has 1 aliphatic heterocycles. The molecule has 2 aromatic carbocycles. The fourth-order valence-electron chi connectivity index (χ4n) is 4.49. The number of carbonyl (C=O) groups is 2. The molecule has 2 N–H and O–H groups in total. The fourth-order valence-corrected chi connectivity index (χ4v) is 4.49. The van der Waals surface area contributed by atoms with Crippen LogP contribution in [0.4, 0.5) is 5.69 Å². The standard InChI is InChI=1S/C27H31BN5O2/c1-20-18-30-27(31-25(20)11-8-22-4-2-3-5-23(22)17-26(29)35)16-21-6-9-24(10-7-21)32-12-14-33(15-13-32)28-19-34/h2-7,9-10,18-19H,8,11-17H2,1H3,(H2,29,35). The molecule has 7 nitrogen and oxygen atoms in total. The van der Waals surface area contributed by atoms with Crippen LogP contribution in [-0.4, -0.2) is 60.5 Å². The number of hydrogen-bond donors (Lipinski definition) is 1. The summed E-state index contributed by atoms with van der Waals surface area (Å²) in [6, 6.07) is 16.5. The number of hydrogen-bond acceptors (Lipinski definition) is 6. The molecule has 1 aromatic heterocycles. The summed E-state index contributed by atoms with van der Waals surface area (Å²) in [6.07, 6.45) is 5.26. The largest absolute Gasteiger partial charge is 0.369 e. The maximum Gasteiger partial charge on any atom is 0.293 e. The molecule has 8 heteroatoms. The number of aryl methyl sites for hydroxylation is 3. The zero-order valence-corrected chi connectivity index (χ0v) is 20.2. The SMILES string of the molecule is Cc1cnc(Cc2ccc(N3CCN([B]C=O)CC3)cc2)nc1CCc1ccccc1CC(N)=O. The first kappa shape index (κ1) is 24.6. The summed E-state index contributed by atoms with van der Waals surface area (Å²) in [5.74, 6) is 0.490. The Bertz CT molecular complexity index is 1160.